The Kier molecular flexibility index (Phi) is 2.11. The van der Waals surface area contributed by atoms with Crippen molar-refractivity contribution in [2.24, 2.45) is 10.7 Å². The average Bonchev–Trinajstić information content (AvgIpc) is 1.88. The minimum absolute atomic E-state index is 0.619. The zero-order chi connectivity index (χ0) is 7.61. The minimum Gasteiger partial charge on any atom is -0.355 e. The van der Waals surface area contributed by atoms with Gasteiger partial charge in [-0.1, -0.05) is 15.9 Å². The number of hydrogen-bond acceptors (Lipinski definition) is 3. The first kappa shape index (κ1) is 7.75. The molecule has 0 aromatic rings. The van der Waals surface area contributed by atoms with Gasteiger partial charge in [0.2, 0.25) is 0 Å². The summed E-state index contributed by atoms with van der Waals surface area (Å²) in [5, 5.41) is 3.75. The molecule has 0 saturated heterocycles. The van der Waals surface area contributed by atoms with E-state index < -0.39 is 5.79 Å². The maximum Gasteiger partial charge on any atom is 0.178 e. The molecule has 56 valence electrons. The molecule has 0 spiro atoms. The van der Waals surface area contributed by atoms with Crippen molar-refractivity contribution in [3.8, 4) is 0 Å². The molecule has 3 N–H and O–H groups in total. The molecule has 0 aromatic heterocycles. The quantitative estimate of drug-likeness (QED) is 0.613. The van der Waals surface area contributed by atoms with Crippen LogP contribution in [0.3, 0.4) is 0 Å². The average molecular weight is 204 g/mol. The van der Waals surface area contributed by atoms with E-state index in [9.17, 15) is 0 Å². The lowest BCUT2D eigenvalue weighted by Gasteiger charge is -2.23. The first-order valence-electron chi connectivity index (χ1n) is 3.01. The number of nitrogens with zero attached hydrogens (tertiary/aromatic N) is 1. The van der Waals surface area contributed by atoms with Crippen molar-refractivity contribution >= 4 is 22.1 Å². The third kappa shape index (κ3) is 1.82. The maximum atomic E-state index is 5.63. The molecule has 0 radical (unpaired) electrons. The monoisotopic (exact) mass is 203 g/mol. The summed E-state index contributed by atoms with van der Waals surface area (Å²) in [6.45, 7) is 1.81. The number of aliphatic imine (C=N–C) groups is 1. The molecule has 3 nitrogen and oxygen atoms in total. The second-order valence-corrected chi connectivity index (χ2v) is 2.96. The van der Waals surface area contributed by atoms with Crippen LogP contribution in [0.1, 0.15) is 6.92 Å². The Hall–Kier alpha value is -0.350. The van der Waals surface area contributed by atoms with Crippen LogP contribution in [0.25, 0.3) is 0 Å². The molecule has 0 amide bonds. The number of halogens is 1. The summed E-state index contributed by atoms with van der Waals surface area (Å²) in [5.74, 6) is -0.619. The Morgan fingerprint density at radius 3 is 3.00 bits per heavy atom. The molecular weight excluding hydrogens is 194 g/mol. The maximum absolute atomic E-state index is 5.63. The lowest BCUT2D eigenvalue weighted by molar-refractivity contribution is 0.436. The first-order valence-corrected chi connectivity index (χ1v) is 4.13. The number of allylic oxidation sites excluding steroid dienone is 1. The molecule has 1 aliphatic heterocycles. The van der Waals surface area contributed by atoms with E-state index >= 15 is 0 Å². The number of alkyl halides is 1. The van der Waals surface area contributed by atoms with Gasteiger partial charge in [-0.25, -0.2) is 0 Å². The van der Waals surface area contributed by atoms with E-state index in [0.29, 0.717) is 0 Å². The SMILES string of the molecule is CC1(N)N=CC(CBr)=CN1. The third-order valence-electron chi connectivity index (χ3n) is 1.20. The van der Waals surface area contributed by atoms with E-state index in [4.69, 9.17) is 5.73 Å². The van der Waals surface area contributed by atoms with Crippen molar-refractivity contribution in [3.63, 3.8) is 0 Å². The van der Waals surface area contributed by atoms with Crippen LogP contribution in [0.5, 0.6) is 0 Å². The van der Waals surface area contributed by atoms with Gasteiger partial charge in [-0.2, -0.15) is 0 Å². The van der Waals surface area contributed by atoms with Crippen LogP contribution in [-0.4, -0.2) is 17.3 Å². The van der Waals surface area contributed by atoms with Crippen molar-refractivity contribution < 1.29 is 0 Å². The summed E-state index contributed by atoms with van der Waals surface area (Å²) in [6.07, 6.45) is 3.63. The van der Waals surface area contributed by atoms with Gasteiger partial charge in [0.05, 0.1) is 0 Å². The Bertz CT molecular complexity index is 183. The normalized spacial score (nSPS) is 31.3. The van der Waals surface area contributed by atoms with Gasteiger partial charge in [0.25, 0.3) is 0 Å². The van der Waals surface area contributed by atoms with Crippen LogP contribution in [0, 0.1) is 0 Å². The highest BCUT2D eigenvalue weighted by Gasteiger charge is 2.15. The zero-order valence-electron chi connectivity index (χ0n) is 5.76. The van der Waals surface area contributed by atoms with Crippen molar-refractivity contribution in [3.05, 3.63) is 11.8 Å². The fourth-order valence-electron chi connectivity index (χ4n) is 0.603. The summed E-state index contributed by atoms with van der Waals surface area (Å²) in [5.41, 5.74) is 6.73. The second-order valence-electron chi connectivity index (χ2n) is 2.40. The summed E-state index contributed by atoms with van der Waals surface area (Å²) >= 11 is 3.31. The van der Waals surface area contributed by atoms with Crippen molar-refractivity contribution in [1.82, 2.24) is 5.32 Å². The fraction of sp³-hybridized carbons (Fsp3) is 0.500. The van der Waals surface area contributed by atoms with Crippen molar-refractivity contribution in [1.29, 1.82) is 0 Å². The van der Waals surface area contributed by atoms with E-state index in [2.05, 4.69) is 26.2 Å². The van der Waals surface area contributed by atoms with Crippen LogP contribution >= 0.6 is 15.9 Å². The van der Waals surface area contributed by atoms with Gasteiger partial charge in [-0.3, -0.25) is 10.7 Å². The highest BCUT2D eigenvalue weighted by atomic mass is 79.9. The van der Waals surface area contributed by atoms with Gasteiger partial charge in [0.1, 0.15) is 0 Å². The van der Waals surface area contributed by atoms with Gasteiger partial charge in [0, 0.05) is 17.7 Å². The molecule has 0 aliphatic carbocycles. The molecule has 0 bridgehead atoms. The number of hydrogen-bond donors (Lipinski definition) is 2. The number of nitrogens with one attached hydrogen (secondary N) is 1. The highest BCUT2D eigenvalue weighted by molar-refractivity contribution is 9.09. The third-order valence-corrected chi connectivity index (χ3v) is 1.85. The van der Waals surface area contributed by atoms with Gasteiger partial charge in [-0.15, -0.1) is 0 Å². The Morgan fingerprint density at radius 1 is 1.90 bits per heavy atom. The van der Waals surface area contributed by atoms with Crippen molar-refractivity contribution in [2.75, 3.05) is 5.33 Å². The Morgan fingerprint density at radius 2 is 2.60 bits per heavy atom. The summed E-state index contributed by atoms with van der Waals surface area (Å²) in [4.78, 5) is 4.06. The Labute approximate surface area is 68.5 Å². The van der Waals surface area contributed by atoms with Crippen LogP contribution in [0.2, 0.25) is 0 Å². The molecule has 0 saturated carbocycles. The Balaban J connectivity index is 2.63. The molecule has 1 aliphatic rings. The topological polar surface area (TPSA) is 50.4 Å². The molecule has 4 heteroatoms. The van der Waals surface area contributed by atoms with E-state index in [1.54, 1.807) is 6.21 Å². The fourth-order valence-corrected chi connectivity index (χ4v) is 0.910. The lowest BCUT2D eigenvalue weighted by atomic mass is 10.3. The molecule has 0 fully saturated rings. The molecule has 0 aromatic carbocycles. The lowest BCUT2D eigenvalue weighted by Crippen LogP contribution is -2.48. The number of nitrogens with two attached hydrogens (primary N) is 1. The zero-order valence-corrected chi connectivity index (χ0v) is 7.35. The van der Waals surface area contributed by atoms with Crippen LogP contribution in [0.4, 0.5) is 0 Å². The van der Waals surface area contributed by atoms with E-state index in [-0.39, 0.29) is 0 Å². The summed E-state index contributed by atoms with van der Waals surface area (Å²) < 4.78 is 0. The van der Waals surface area contributed by atoms with Crippen LogP contribution in [-0.2, 0) is 0 Å². The molecule has 1 rings (SSSR count). The van der Waals surface area contributed by atoms with E-state index in [0.717, 1.165) is 10.9 Å². The predicted octanol–water partition coefficient (Wildman–Crippen LogP) is 0.572. The molecular formula is C6H10BrN3. The van der Waals surface area contributed by atoms with Gasteiger partial charge < -0.3 is 5.32 Å². The minimum atomic E-state index is -0.619. The summed E-state index contributed by atoms with van der Waals surface area (Å²) in [7, 11) is 0. The molecule has 1 atom stereocenters. The van der Waals surface area contributed by atoms with E-state index in [1.165, 1.54) is 0 Å². The van der Waals surface area contributed by atoms with Gasteiger partial charge in [0.15, 0.2) is 5.79 Å². The van der Waals surface area contributed by atoms with Gasteiger partial charge >= 0.3 is 0 Å². The predicted molar refractivity (Wildman–Crippen MR) is 46.1 cm³/mol. The smallest absolute Gasteiger partial charge is 0.178 e. The molecule has 10 heavy (non-hydrogen) atoms. The molecule has 1 unspecified atom stereocenters. The number of rotatable bonds is 1. The second kappa shape index (κ2) is 2.72. The van der Waals surface area contributed by atoms with Gasteiger partial charge in [-0.05, 0) is 12.5 Å². The summed E-state index contributed by atoms with van der Waals surface area (Å²) in [6, 6.07) is 0. The van der Waals surface area contributed by atoms with Crippen molar-refractivity contribution in [2.45, 2.75) is 12.7 Å². The largest absolute Gasteiger partial charge is 0.355 e. The van der Waals surface area contributed by atoms with Crippen LogP contribution < -0.4 is 11.1 Å². The first-order chi connectivity index (χ1) is 4.64. The standard InChI is InChI=1S/C6H10BrN3/c1-6(8)9-3-5(2-7)4-10-6/h3-4,9H,2,8H2,1H3. The highest BCUT2D eigenvalue weighted by Crippen LogP contribution is 2.05. The van der Waals surface area contributed by atoms with E-state index in [1.807, 2.05) is 13.1 Å². The van der Waals surface area contributed by atoms with Crippen LogP contribution in [0.15, 0.2) is 16.8 Å². The molecule has 1 heterocycles.